The number of piperidine rings is 3. The summed E-state index contributed by atoms with van der Waals surface area (Å²) in [5, 5.41) is 4.25. The number of nitrogens with zero attached hydrogens (tertiary/aromatic N) is 2. The van der Waals surface area contributed by atoms with E-state index in [1.165, 1.54) is 25.9 Å². The molecule has 0 spiro atoms. The van der Waals surface area contributed by atoms with Crippen LogP contribution < -0.4 is 5.32 Å². The molecule has 3 aliphatic heterocycles. The zero-order valence-electron chi connectivity index (χ0n) is 12.0. The fourth-order valence-electron chi connectivity index (χ4n) is 3.66. The van der Waals surface area contributed by atoms with Crippen LogP contribution in [0, 0.1) is 5.92 Å². The largest absolute Gasteiger partial charge is 0.348 e. The Labute approximate surface area is 124 Å². The first kappa shape index (κ1) is 12.8. The zero-order valence-corrected chi connectivity index (χ0v) is 12.0. The topological polar surface area (TPSA) is 45.2 Å². The lowest BCUT2D eigenvalue weighted by atomic mass is 9.84. The second-order valence-corrected chi connectivity index (χ2v) is 6.10. The molecule has 3 fully saturated rings. The van der Waals surface area contributed by atoms with E-state index in [1.807, 2.05) is 30.3 Å². The molecule has 21 heavy (non-hydrogen) atoms. The van der Waals surface area contributed by atoms with Gasteiger partial charge in [-0.1, -0.05) is 18.2 Å². The van der Waals surface area contributed by atoms with Gasteiger partial charge in [0.25, 0.3) is 5.91 Å². The molecule has 3 saturated heterocycles. The van der Waals surface area contributed by atoms with E-state index in [4.69, 9.17) is 0 Å². The molecule has 2 bridgehead atoms. The summed E-state index contributed by atoms with van der Waals surface area (Å²) in [4.78, 5) is 19.5. The van der Waals surface area contributed by atoms with E-state index in [0.717, 1.165) is 17.4 Å². The molecule has 1 atom stereocenters. The summed E-state index contributed by atoms with van der Waals surface area (Å²) in [7, 11) is 0. The van der Waals surface area contributed by atoms with Gasteiger partial charge in [-0.15, -0.1) is 0 Å². The first-order chi connectivity index (χ1) is 10.3. The van der Waals surface area contributed by atoms with Crippen LogP contribution >= 0.6 is 0 Å². The summed E-state index contributed by atoms with van der Waals surface area (Å²) in [5.74, 6) is 0.653. The second kappa shape index (κ2) is 5.11. The van der Waals surface area contributed by atoms with E-state index in [9.17, 15) is 4.79 Å². The minimum absolute atomic E-state index is 0.0121. The highest BCUT2D eigenvalue weighted by atomic mass is 16.1. The van der Waals surface area contributed by atoms with Crippen molar-refractivity contribution in [2.24, 2.45) is 5.92 Å². The van der Waals surface area contributed by atoms with Crippen LogP contribution in [0.5, 0.6) is 0 Å². The number of rotatable bonds is 2. The van der Waals surface area contributed by atoms with Crippen LogP contribution in [0.1, 0.15) is 23.2 Å². The van der Waals surface area contributed by atoms with Gasteiger partial charge in [-0.25, -0.2) is 0 Å². The van der Waals surface area contributed by atoms with Gasteiger partial charge in [0.1, 0.15) is 0 Å². The Hall–Kier alpha value is -1.94. The lowest BCUT2D eigenvalue weighted by Crippen LogP contribution is -2.57. The summed E-state index contributed by atoms with van der Waals surface area (Å²) in [6, 6.07) is 9.97. The van der Waals surface area contributed by atoms with Crippen molar-refractivity contribution in [2.75, 3.05) is 19.6 Å². The Kier molecular flexibility index (Phi) is 3.11. The van der Waals surface area contributed by atoms with Crippen molar-refractivity contribution in [1.82, 2.24) is 15.2 Å². The number of hydrogen-bond acceptors (Lipinski definition) is 3. The summed E-state index contributed by atoms with van der Waals surface area (Å²) in [5.41, 5.74) is 1.48. The van der Waals surface area contributed by atoms with Crippen molar-refractivity contribution in [3.8, 4) is 0 Å². The highest BCUT2D eigenvalue weighted by Gasteiger charge is 2.35. The number of pyridine rings is 1. The third-order valence-corrected chi connectivity index (χ3v) is 4.85. The van der Waals surface area contributed by atoms with Crippen molar-refractivity contribution in [1.29, 1.82) is 0 Å². The number of para-hydroxylation sites is 1. The Bertz CT molecular complexity index is 671. The lowest BCUT2D eigenvalue weighted by Gasteiger charge is -2.44. The fourth-order valence-corrected chi connectivity index (χ4v) is 3.66. The van der Waals surface area contributed by atoms with Gasteiger partial charge in [-0.3, -0.25) is 9.78 Å². The number of benzene rings is 1. The van der Waals surface area contributed by atoms with Crippen molar-refractivity contribution in [3.63, 3.8) is 0 Å². The van der Waals surface area contributed by atoms with Crippen molar-refractivity contribution in [3.05, 3.63) is 42.1 Å². The number of nitrogens with one attached hydrogen (secondary N) is 1. The molecule has 4 nitrogen and oxygen atoms in total. The Balaban J connectivity index is 1.59. The third kappa shape index (κ3) is 2.29. The number of fused-ring (bicyclic) bond motifs is 4. The monoisotopic (exact) mass is 281 g/mol. The predicted octanol–water partition coefficient (Wildman–Crippen LogP) is 2.06. The molecule has 1 amide bonds. The van der Waals surface area contributed by atoms with E-state index in [1.54, 1.807) is 6.20 Å². The molecular weight excluding hydrogens is 262 g/mol. The SMILES string of the molecule is O=C(NC1CN2CCC1CC2)c1cccc2cccnc12. The second-order valence-electron chi connectivity index (χ2n) is 6.10. The smallest absolute Gasteiger partial charge is 0.253 e. The quantitative estimate of drug-likeness (QED) is 0.916. The molecule has 1 aromatic heterocycles. The first-order valence-corrected chi connectivity index (χ1v) is 7.68. The Morgan fingerprint density at radius 3 is 2.76 bits per heavy atom. The lowest BCUT2D eigenvalue weighted by molar-refractivity contribution is 0.0621. The third-order valence-electron chi connectivity index (χ3n) is 4.85. The molecule has 1 N–H and O–H groups in total. The molecular formula is C17H19N3O. The van der Waals surface area contributed by atoms with Crippen molar-refractivity contribution < 1.29 is 4.79 Å². The molecule has 5 rings (SSSR count). The van der Waals surface area contributed by atoms with E-state index in [2.05, 4.69) is 15.2 Å². The van der Waals surface area contributed by atoms with Crippen LogP contribution in [0.3, 0.4) is 0 Å². The van der Waals surface area contributed by atoms with Gasteiger partial charge in [0.2, 0.25) is 0 Å². The maximum absolute atomic E-state index is 12.6. The molecule has 4 heteroatoms. The average molecular weight is 281 g/mol. The van der Waals surface area contributed by atoms with Gasteiger partial charge in [0.15, 0.2) is 0 Å². The van der Waals surface area contributed by atoms with Gasteiger partial charge >= 0.3 is 0 Å². The number of amides is 1. The maximum Gasteiger partial charge on any atom is 0.253 e. The first-order valence-electron chi connectivity index (χ1n) is 7.68. The molecule has 1 aromatic carbocycles. The number of carbonyl (C=O) groups excluding carboxylic acids is 1. The van der Waals surface area contributed by atoms with Gasteiger partial charge in [0.05, 0.1) is 11.1 Å². The number of hydrogen-bond donors (Lipinski definition) is 1. The van der Waals surface area contributed by atoms with E-state index >= 15 is 0 Å². The summed E-state index contributed by atoms with van der Waals surface area (Å²) < 4.78 is 0. The molecule has 0 saturated carbocycles. The van der Waals surface area contributed by atoms with Crippen LogP contribution in [0.2, 0.25) is 0 Å². The van der Waals surface area contributed by atoms with Gasteiger partial charge in [0, 0.05) is 24.2 Å². The molecule has 4 heterocycles. The van der Waals surface area contributed by atoms with Crippen LogP contribution in [-0.4, -0.2) is 41.5 Å². The van der Waals surface area contributed by atoms with Crippen LogP contribution in [0.25, 0.3) is 10.9 Å². The normalized spacial score (nSPS) is 27.7. The van der Waals surface area contributed by atoms with E-state index < -0.39 is 0 Å². The van der Waals surface area contributed by atoms with Crippen LogP contribution in [0.4, 0.5) is 0 Å². The fraction of sp³-hybridized carbons (Fsp3) is 0.412. The average Bonchev–Trinajstić information content (AvgIpc) is 2.55. The highest BCUT2D eigenvalue weighted by Crippen LogP contribution is 2.28. The van der Waals surface area contributed by atoms with Crippen molar-refractivity contribution in [2.45, 2.75) is 18.9 Å². The van der Waals surface area contributed by atoms with Crippen molar-refractivity contribution >= 4 is 16.8 Å². The van der Waals surface area contributed by atoms with E-state index in [0.29, 0.717) is 17.5 Å². The summed E-state index contributed by atoms with van der Waals surface area (Å²) >= 11 is 0. The van der Waals surface area contributed by atoms with Gasteiger partial charge < -0.3 is 10.2 Å². The number of carbonyl (C=O) groups is 1. The van der Waals surface area contributed by atoms with E-state index in [-0.39, 0.29) is 5.91 Å². The maximum atomic E-state index is 12.6. The standard InChI is InChI=1S/C17H19N3O/c21-17(19-15-11-20-9-6-12(15)7-10-20)14-5-1-3-13-4-2-8-18-16(13)14/h1-5,8,12,15H,6-7,9-11H2,(H,19,21). The molecule has 2 aromatic rings. The predicted molar refractivity (Wildman–Crippen MR) is 82.2 cm³/mol. The zero-order chi connectivity index (χ0) is 14.2. The molecule has 0 aliphatic carbocycles. The minimum atomic E-state index is 0.0121. The molecule has 108 valence electrons. The van der Waals surface area contributed by atoms with Gasteiger partial charge in [-0.2, -0.15) is 0 Å². The summed E-state index contributed by atoms with van der Waals surface area (Å²) in [6.07, 6.45) is 4.16. The minimum Gasteiger partial charge on any atom is -0.348 e. The van der Waals surface area contributed by atoms with Crippen LogP contribution in [-0.2, 0) is 0 Å². The van der Waals surface area contributed by atoms with Gasteiger partial charge in [-0.05, 0) is 44.0 Å². The Morgan fingerprint density at radius 1 is 1.19 bits per heavy atom. The highest BCUT2D eigenvalue weighted by molar-refractivity contribution is 6.05. The Morgan fingerprint density at radius 2 is 2.00 bits per heavy atom. The van der Waals surface area contributed by atoms with Crippen LogP contribution in [0.15, 0.2) is 36.5 Å². The molecule has 0 radical (unpaired) electrons. The summed E-state index contributed by atoms with van der Waals surface area (Å²) in [6.45, 7) is 3.37. The number of aromatic nitrogens is 1. The molecule has 1 unspecified atom stereocenters. The molecule has 3 aliphatic rings.